The number of rotatable bonds is 3. The molecule has 46 valence electrons. The molecular weight excluding hydrogens is 134 g/mol. The van der Waals surface area contributed by atoms with Gasteiger partial charge in [0.2, 0.25) is 0 Å². The van der Waals surface area contributed by atoms with Gasteiger partial charge in [-0.05, 0) is 6.08 Å². The predicted molar refractivity (Wildman–Crippen MR) is 26.0 cm³/mol. The van der Waals surface area contributed by atoms with E-state index in [4.69, 9.17) is 4.89 Å². The second kappa shape index (κ2) is 3.66. The summed E-state index contributed by atoms with van der Waals surface area (Å²) in [5, 5.41) is 0. The molecule has 8 heavy (non-hydrogen) atoms. The fraction of sp³-hybridized carbons (Fsp3) is 0.333. The minimum absolute atomic E-state index is 0.781. The van der Waals surface area contributed by atoms with Crippen molar-refractivity contribution in [1.29, 1.82) is 0 Å². The highest BCUT2D eigenvalue weighted by Crippen LogP contribution is 2.18. The van der Waals surface area contributed by atoms with E-state index in [9.17, 15) is 8.96 Å². The van der Waals surface area contributed by atoms with Crippen molar-refractivity contribution in [2.45, 2.75) is 6.36 Å². The Balaban J connectivity index is 3.38. The standard InChI is InChI=1S/C3H4FO3P/c1-2-3(4)7-8(5)6/h2-3H,1H2/p+1. The van der Waals surface area contributed by atoms with E-state index in [1.165, 1.54) is 0 Å². The highest BCUT2D eigenvalue weighted by Gasteiger charge is 2.18. The molecule has 0 aromatic heterocycles. The van der Waals surface area contributed by atoms with Crippen LogP contribution in [0.2, 0.25) is 0 Å². The molecule has 0 aliphatic heterocycles. The fourth-order valence-electron chi connectivity index (χ4n) is 0.129. The molecule has 0 radical (unpaired) electrons. The van der Waals surface area contributed by atoms with Crippen LogP contribution >= 0.6 is 8.25 Å². The highest BCUT2D eigenvalue weighted by molar-refractivity contribution is 7.32. The lowest BCUT2D eigenvalue weighted by molar-refractivity contribution is 0.108. The first-order valence-corrected chi connectivity index (χ1v) is 2.89. The quantitative estimate of drug-likeness (QED) is 0.471. The van der Waals surface area contributed by atoms with Gasteiger partial charge in [-0.2, -0.15) is 0 Å². The van der Waals surface area contributed by atoms with Crippen LogP contribution in [0.4, 0.5) is 4.39 Å². The molecule has 1 N–H and O–H groups in total. The fourth-order valence-corrected chi connectivity index (χ4v) is 0.388. The summed E-state index contributed by atoms with van der Waals surface area (Å²) in [6, 6.07) is 0. The lowest BCUT2D eigenvalue weighted by atomic mass is 10.7. The lowest BCUT2D eigenvalue weighted by Crippen LogP contribution is -1.92. The van der Waals surface area contributed by atoms with Gasteiger partial charge in [0.25, 0.3) is 6.36 Å². The average Bonchev–Trinajstić information content (AvgIpc) is 1.65. The Kier molecular flexibility index (Phi) is 3.52. The van der Waals surface area contributed by atoms with Gasteiger partial charge in [0.05, 0.1) is 0 Å². The van der Waals surface area contributed by atoms with Crippen LogP contribution in [-0.2, 0) is 9.09 Å². The second-order valence-electron chi connectivity index (χ2n) is 0.930. The Morgan fingerprint density at radius 3 is 2.62 bits per heavy atom. The van der Waals surface area contributed by atoms with Crippen molar-refractivity contribution in [2.24, 2.45) is 0 Å². The normalized spacial score (nSPS) is 15.0. The molecule has 0 aromatic rings. The lowest BCUT2D eigenvalue weighted by Gasteiger charge is -1.84. The summed E-state index contributed by atoms with van der Waals surface area (Å²) in [6.07, 6.45) is -1.06. The van der Waals surface area contributed by atoms with Gasteiger partial charge in [0.15, 0.2) is 0 Å². The van der Waals surface area contributed by atoms with Crippen molar-refractivity contribution in [2.75, 3.05) is 0 Å². The van der Waals surface area contributed by atoms with Crippen molar-refractivity contribution >= 4 is 8.25 Å². The summed E-state index contributed by atoms with van der Waals surface area (Å²) in [6.45, 7) is 2.97. The van der Waals surface area contributed by atoms with Gasteiger partial charge >= 0.3 is 8.25 Å². The smallest absolute Gasteiger partial charge is 0.206 e. The molecule has 0 fully saturated rings. The van der Waals surface area contributed by atoms with Crippen LogP contribution in [0.25, 0.3) is 0 Å². The van der Waals surface area contributed by atoms with Crippen LogP contribution in [0, 0.1) is 0 Å². The first-order valence-electron chi connectivity index (χ1n) is 1.76. The highest BCUT2D eigenvalue weighted by atomic mass is 31.1. The van der Waals surface area contributed by atoms with Crippen LogP contribution in [0.5, 0.6) is 0 Å². The maximum Gasteiger partial charge on any atom is 0.698 e. The molecule has 0 bridgehead atoms. The van der Waals surface area contributed by atoms with E-state index in [1.807, 2.05) is 0 Å². The van der Waals surface area contributed by atoms with Crippen molar-refractivity contribution in [3.63, 3.8) is 0 Å². The first kappa shape index (κ1) is 7.69. The molecule has 3 nitrogen and oxygen atoms in total. The molecule has 0 spiro atoms. The molecule has 5 heteroatoms. The minimum Gasteiger partial charge on any atom is -0.206 e. The minimum atomic E-state index is -2.84. The van der Waals surface area contributed by atoms with Crippen LogP contribution in [0.3, 0.4) is 0 Å². The molecular formula is C3H5FO3P+. The van der Waals surface area contributed by atoms with Crippen LogP contribution < -0.4 is 0 Å². The van der Waals surface area contributed by atoms with Gasteiger partial charge in [0, 0.05) is 4.57 Å². The van der Waals surface area contributed by atoms with Crippen molar-refractivity contribution in [3.05, 3.63) is 12.7 Å². The summed E-state index contributed by atoms with van der Waals surface area (Å²) in [5.41, 5.74) is 0. The molecule has 0 aromatic carbocycles. The van der Waals surface area contributed by atoms with Crippen molar-refractivity contribution < 1.29 is 18.4 Å². The van der Waals surface area contributed by atoms with E-state index < -0.39 is 14.6 Å². The summed E-state index contributed by atoms with van der Waals surface area (Å²) < 4.78 is 25.0. The third-order valence-electron chi connectivity index (χ3n) is 0.376. The third kappa shape index (κ3) is 3.87. The van der Waals surface area contributed by atoms with E-state index in [0.29, 0.717) is 0 Å². The number of halogens is 1. The monoisotopic (exact) mass is 139 g/mol. The molecule has 2 atom stereocenters. The zero-order valence-electron chi connectivity index (χ0n) is 3.95. The maximum atomic E-state index is 11.7. The van der Waals surface area contributed by atoms with Gasteiger partial charge in [-0.25, -0.2) is 4.39 Å². The summed E-state index contributed by atoms with van der Waals surface area (Å²) in [4.78, 5) is 7.85. The van der Waals surface area contributed by atoms with E-state index in [0.717, 1.165) is 6.08 Å². The molecule has 0 rings (SSSR count). The van der Waals surface area contributed by atoms with Gasteiger partial charge < -0.3 is 0 Å². The molecule has 0 aliphatic carbocycles. The van der Waals surface area contributed by atoms with E-state index in [1.54, 1.807) is 0 Å². The molecule has 0 saturated carbocycles. The first-order chi connectivity index (χ1) is 3.66. The molecule has 0 heterocycles. The van der Waals surface area contributed by atoms with Crippen LogP contribution in [0.15, 0.2) is 12.7 Å². The number of hydrogen-bond donors (Lipinski definition) is 1. The van der Waals surface area contributed by atoms with Gasteiger partial charge in [-0.1, -0.05) is 11.1 Å². The Bertz CT molecular complexity index is 105. The zero-order valence-corrected chi connectivity index (χ0v) is 4.85. The SMILES string of the molecule is C=CC(F)O[P+](=O)O. The largest absolute Gasteiger partial charge is 0.698 e. The van der Waals surface area contributed by atoms with Gasteiger partial charge in [0.1, 0.15) is 0 Å². The zero-order chi connectivity index (χ0) is 6.57. The number of alkyl halides is 1. The predicted octanol–water partition coefficient (Wildman–Crippen LogP) is 1.13. The average molecular weight is 139 g/mol. The van der Waals surface area contributed by atoms with Gasteiger partial charge in [-0.3, -0.25) is 0 Å². The van der Waals surface area contributed by atoms with Crippen LogP contribution in [0.1, 0.15) is 0 Å². The third-order valence-corrected chi connectivity index (χ3v) is 0.758. The van der Waals surface area contributed by atoms with Crippen LogP contribution in [-0.4, -0.2) is 11.3 Å². The Morgan fingerprint density at radius 2 is 2.50 bits per heavy atom. The maximum absolute atomic E-state index is 11.7. The van der Waals surface area contributed by atoms with Crippen molar-refractivity contribution in [3.8, 4) is 0 Å². The Morgan fingerprint density at radius 1 is 2.00 bits per heavy atom. The summed E-state index contributed by atoms with van der Waals surface area (Å²) >= 11 is 0. The Hall–Kier alpha value is -0.310. The van der Waals surface area contributed by atoms with E-state index in [2.05, 4.69) is 11.1 Å². The molecule has 2 unspecified atom stereocenters. The second-order valence-corrected chi connectivity index (χ2v) is 1.62. The summed E-state index contributed by atoms with van der Waals surface area (Å²) in [7, 11) is -2.84. The van der Waals surface area contributed by atoms with Gasteiger partial charge in [-0.15, -0.1) is 4.89 Å². The Labute approximate surface area is 46.7 Å². The van der Waals surface area contributed by atoms with E-state index in [-0.39, 0.29) is 0 Å². The topological polar surface area (TPSA) is 46.5 Å². The molecule has 0 amide bonds. The molecule has 0 saturated heterocycles. The van der Waals surface area contributed by atoms with Crippen molar-refractivity contribution in [1.82, 2.24) is 0 Å². The number of hydrogen-bond acceptors (Lipinski definition) is 2. The molecule has 0 aliphatic rings. The summed E-state index contributed by atoms with van der Waals surface area (Å²) in [5.74, 6) is 0. The van der Waals surface area contributed by atoms with E-state index >= 15 is 0 Å².